The molecule has 1 atom stereocenters. The predicted molar refractivity (Wildman–Crippen MR) is 120 cm³/mol. The molecule has 1 N–H and O–H groups in total. The van der Waals surface area contributed by atoms with Crippen molar-refractivity contribution in [3.05, 3.63) is 23.0 Å². The van der Waals surface area contributed by atoms with Crippen LogP contribution in [-0.4, -0.2) is 26.7 Å². The maximum Gasteiger partial charge on any atom is 0.252 e. The van der Waals surface area contributed by atoms with Crippen LogP contribution >= 0.6 is 0 Å². The molecule has 4 aliphatic carbocycles. The topological polar surface area (TPSA) is 59.8 Å². The number of nitrogens with zero attached hydrogens (tertiary/aromatic N) is 3. The van der Waals surface area contributed by atoms with Gasteiger partial charge in [0.2, 0.25) is 0 Å². The summed E-state index contributed by atoms with van der Waals surface area (Å²) in [5, 5.41) is 9.13. The maximum absolute atomic E-state index is 13.6. The molecule has 0 aromatic carbocycles. The first-order valence-corrected chi connectivity index (χ1v) is 12.0. The van der Waals surface area contributed by atoms with E-state index in [-0.39, 0.29) is 18.0 Å². The van der Waals surface area contributed by atoms with Gasteiger partial charge in [-0.2, -0.15) is 5.10 Å². The van der Waals surface area contributed by atoms with Crippen molar-refractivity contribution in [2.24, 2.45) is 23.2 Å². The first-order valence-electron chi connectivity index (χ1n) is 12.0. The molecule has 5 heteroatoms. The SMILES string of the molecule is CCC(NC(=O)c1cc(C)nc2c1c(C)nn2C(C)C)C12CC3CC(CC(C3)C1)C2. The smallest absolute Gasteiger partial charge is 0.252 e. The van der Waals surface area contributed by atoms with Crippen molar-refractivity contribution in [3.63, 3.8) is 0 Å². The Balaban J connectivity index is 1.48. The summed E-state index contributed by atoms with van der Waals surface area (Å²) in [6.07, 6.45) is 9.24. The number of carbonyl (C=O) groups is 1. The van der Waals surface area contributed by atoms with E-state index in [1.807, 2.05) is 24.6 Å². The standard InChI is InChI=1S/C25H36N4O/c1-6-21(25-11-17-8-18(12-25)10-19(9-17)13-25)27-24(30)20-7-15(4)26-23-22(20)16(5)28-29(23)14(2)3/h7,14,17-19,21H,6,8-13H2,1-5H3,(H,27,30). The summed E-state index contributed by atoms with van der Waals surface area (Å²) in [5.74, 6) is 2.73. The Morgan fingerprint density at radius 2 is 1.77 bits per heavy atom. The third-order valence-electron chi connectivity index (χ3n) is 8.24. The minimum absolute atomic E-state index is 0.0551. The number of amides is 1. The molecule has 6 rings (SSSR count). The van der Waals surface area contributed by atoms with E-state index in [2.05, 4.69) is 26.1 Å². The molecule has 1 amide bonds. The second-order valence-corrected chi connectivity index (χ2v) is 10.8. The molecule has 5 nitrogen and oxygen atoms in total. The lowest BCUT2D eigenvalue weighted by molar-refractivity contribution is -0.0727. The van der Waals surface area contributed by atoms with Gasteiger partial charge in [-0.05, 0) is 102 Å². The Bertz CT molecular complexity index is 953. The summed E-state index contributed by atoms with van der Waals surface area (Å²) in [5.41, 5.74) is 3.65. The summed E-state index contributed by atoms with van der Waals surface area (Å²) >= 11 is 0. The highest BCUT2D eigenvalue weighted by atomic mass is 16.1. The van der Waals surface area contributed by atoms with Gasteiger partial charge in [-0.15, -0.1) is 0 Å². The molecule has 2 aromatic rings. The summed E-state index contributed by atoms with van der Waals surface area (Å²) in [6, 6.07) is 2.42. The third kappa shape index (κ3) is 3.07. The number of hydrogen-bond acceptors (Lipinski definition) is 3. The predicted octanol–water partition coefficient (Wildman–Crippen LogP) is 5.35. The van der Waals surface area contributed by atoms with Crippen molar-refractivity contribution >= 4 is 16.9 Å². The Morgan fingerprint density at radius 3 is 2.30 bits per heavy atom. The van der Waals surface area contributed by atoms with Crippen molar-refractivity contribution in [1.82, 2.24) is 20.1 Å². The molecule has 4 bridgehead atoms. The molecule has 1 unspecified atom stereocenters. The van der Waals surface area contributed by atoms with Crippen LogP contribution in [0.2, 0.25) is 0 Å². The molecule has 0 spiro atoms. The molecule has 0 radical (unpaired) electrons. The van der Waals surface area contributed by atoms with Gasteiger partial charge >= 0.3 is 0 Å². The van der Waals surface area contributed by atoms with E-state index in [1.54, 1.807) is 0 Å². The Kier molecular flexibility index (Phi) is 4.71. The number of fused-ring (bicyclic) bond motifs is 1. The van der Waals surface area contributed by atoms with Crippen LogP contribution in [0.5, 0.6) is 0 Å². The quantitative estimate of drug-likeness (QED) is 0.725. The van der Waals surface area contributed by atoms with Gasteiger partial charge in [0.05, 0.1) is 16.6 Å². The van der Waals surface area contributed by atoms with E-state index in [0.29, 0.717) is 5.41 Å². The van der Waals surface area contributed by atoms with Crippen molar-refractivity contribution in [2.75, 3.05) is 0 Å². The first-order chi connectivity index (χ1) is 14.3. The van der Waals surface area contributed by atoms with Gasteiger partial charge in [0.1, 0.15) is 0 Å². The fourth-order valence-electron chi connectivity index (χ4n) is 7.51. The molecule has 0 aliphatic heterocycles. The molecule has 2 heterocycles. The zero-order valence-electron chi connectivity index (χ0n) is 19.2. The lowest BCUT2D eigenvalue weighted by atomic mass is 9.47. The van der Waals surface area contributed by atoms with E-state index in [1.165, 1.54) is 38.5 Å². The van der Waals surface area contributed by atoms with Crippen LogP contribution in [0.15, 0.2) is 6.07 Å². The van der Waals surface area contributed by atoms with Gasteiger partial charge in [-0.3, -0.25) is 4.79 Å². The normalized spacial score (nSPS) is 30.9. The zero-order chi connectivity index (χ0) is 21.2. The minimum Gasteiger partial charge on any atom is -0.349 e. The molecule has 30 heavy (non-hydrogen) atoms. The largest absolute Gasteiger partial charge is 0.349 e. The highest BCUT2D eigenvalue weighted by Crippen LogP contribution is 2.61. The molecular formula is C25H36N4O. The highest BCUT2D eigenvalue weighted by Gasteiger charge is 2.54. The number of nitrogens with one attached hydrogen (secondary N) is 1. The fourth-order valence-corrected chi connectivity index (χ4v) is 7.51. The van der Waals surface area contributed by atoms with Gasteiger partial charge in [0, 0.05) is 17.8 Å². The van der Waals surface area contributed by atoms with Crippen molar-refractivity contribution in [3.8, 4) is 0 Å². The number of aryl methyl sites for hydroxylation is 2. The lowest BCUT2D eigenvalue weighted by Crippen LogP contribution is -2.56. The van der Waals surface area contributed by atoms with Gasteiger partial charge < -0.3 is 5.32 Å². The molecule has 4 saturated carbocycles. The van der Waals surface area contributed by atoms with E-state index >= 15 is 0 Å². The van der Waals surface area contributed by atoms with Crippen LogP contribution in [0.1, 0.15) is 93.5 Å². The highest BCUT2D eigenvalue weighted by molar-refractivity contribution is 6.06. The molecule has 4 aliphatic rings. The minimum atomic E-state index is 0.0551. The second-order valence-electron chi connectivity index (χ2n) is 10.8. The Morgan fingerprint density at radius 1 is 1.17 bits per heavy atom. The van der Waals surface area contributed by atoms with Crippen LogP contribution in [0.3, 0.4) is 0 Å². The van der Waals surface area contributed by atoms with Crippen molar-refractivity contribution in [2.45, 2.75) is 91.6 Å². The summed E-state index contributed by atoms with van der Waals surface area (Å²) in [7, 11) is 0. The van der Waals surface area contributed by atoms with Crippen LogP contribution in [-0.2, 0) is 0 Å². The number of rotatable bonds is 5. The maximum atomic E-state index is 13.6. The molecule has 0 saturated heterocycles. The van der Waals surface area contributed by atoms with E-state index in [9.17, 15) is 4.79 Å². The van der Waals surface area contributed by atoms with Crippen molar-refractivity contribution in [1.29, 1.82) is 0 Å². The average Bonchev–Trinajstić information content (AvgIpc) is 3.00. The van der Waals surface area contributed by atoms with E-state index < -0.39 is 0 Å². The van der Waals surface area contributed by atoms with Gasteiger partial charge in [-0.1, -0.05) is 6.92 Å². The zero-order valence-corrected chi connectivity index (χ0v) is 19.2. The monoisotopic (exact) mass is 408 g/mol. The second kappa shape index (κ2) is 7.06. The van der Waals surface area contributed by atoms with Gasteiger partial charge in [0.25, 0.3) is 5.91 Å². The Hall–Kier alpha value is -1.91. The van der Waals surface area contributed by atoms with E-state index in [0.717, 1.165) is 52.2 Å². The van der Waals surface area contributed by atoms with Crippen molar-refractivity contribution < 1.29 is 4.79 Å². The van der Waals surface area contributed by atoms with Crippen LogP contribution in [0.25, 0.3) is 11.0 Å². The molecular weight excluding hydrogens is 372 g/mol. The van der Waals surface area contributed by atoms with Gasteiger partial charge in [-0.25, -0.2) is 9.67 Å². The summed E-state index contributed by atoms with van der Waals surface area (Å²) < 4.78 is 1.95. The lowest BCUT2D eigenvalue weighted by Gasteiger charge is -2.59. The molecule has 162 valence electrons. The number of carbonyl (C=O) groups excluding carboxylic acids is 1. The van der Waals surface area contributed by atoms with Gasteiger partial charge in [0.15, 0.2) is 5.65 Å². The van der Waals surface area contributed by atoms with E-state index in [4.69, 9.17) is 10.1 Å². The van der Waals surface area contributed by atoms with Crippen LogP contribution in [0, 0.1) is 37.0 Å². The number of aromatic nitrogens is 3. The Labute approximate surface area is 180 Å². The fraction of sp³-hybridized carbons (Fsp3) is 0.720. The molecule has 4 fully saturated rings. The third-order valence-corrected chi connectivity index (χ3v) is 8.24. The summed E-state index contributed by atoms with van der Waals surface area (Å²) in [6.45, 7) is 10.4. The van der Waals surface area contributed by atoms with Crippen LogP contribution in [0.4, 0.5) is 0 Å². The average molecular weight is 409 g/mol. The number of pyridine rings is 1. The first kappa shape index (κ1) is 20.0. The number of hydrogen-bond donors (Lipinski definition) is 1. The molecule has 2 aromatic heterocycles. The summed E-state index contributed by atoms with van der Waals surface area (Å²) in [4.78, 5) is 18.4. The van der Waals surface area contributed by atoms with Crippen LogP contribution < -0.4 is 5.32 Å².